The van der Waals surface area contributed by atoms with Crippen LogP contribution in [0.5, 0.6) is 0 Å². The van der Waals surface area contributed by atoms with Gasteiger partial charge in [-0.3, -0.25) is 0 Å². The van der Waals surface area contributed by atoms with Crippen molar-refractivity contribution in [3.8, 4) is 0 Å². The highest BCUT2D eigenvalue weighted by atomic mass is 28.4. The van der Waals surface area contributed by atoms with E-state index in [4.69, 9.17) is 4.43 Å². The van der Waals surface area contributed by atoms with Crippen LogP contribution in [0.1, 0.15) is 38.8 Å². The quantitative estimate of drug-likeness (QED) is 0.675. The van der Waals surface area contributed by atoms with E-state index in [1.807, 2.05) is 0 Å². The summed E-state index contributed by atoms with van der Waals surface area (Å²) in [7, 11) is -1.60. The molecule has 0 aromatic heterocycles. The van der Waals surface area contributed by atoms with Gasteiger partial charge in [0.25, 0.3) is 0 Å². The molecule has 0 radical (unpaired) electrons. The van der Waals surface area contributed by atoms with Gasteiger partial charge in [-0.05, 0) is 30.1 Å². The average molecular weight is 250 g/mol. The molecule has 0 aliphatic carbocycles. The van der Waals surface area contributed by atoms with Gasteiger partial charge < -0.3 is 4.43 Å². The van der Waals surface area contributed by atoms with E-state index in [0.29, 0.717) is 11.1 Å². The molecule has 1 aromatic rings. The summed E-state index contributed by atoms with van der Waals surface area (Å²) in [4.78, 5) is 0. The highest BCUT2D eigenvalue weighted by Gasteiger charge is 2.36. The maximum atomic E-state index is 6.32. The number of benzene rings is 1. The van der Waals surface area contributed by atoms with Crippen molar-refractivity contribution in [2.24, 2.45) is 0 Å². The summed E-state index contributed by atoms with van der Waals surface area (Å²) in [5, 5.41) is 0. The summed E-state index contributed by atoms with van der Waals surface area (Å²) in [6.07, 6.45) is 0. The Labute approximate surface area is 107 Å². The fraction of sp³-hybridized carbons (Fsp3) is 0.600. The van der Waals surface area contributed by atoms with Gasteiger partial charge in [0, 0.05) is 0 Å². The molecule has 0 spiro atoms. The van der Waals surface area contributed by atoms with E-state index in [-0.39, 0.29) is 0 Å². The summed E-state index contributed by atoms with van der Waals surface area (Å²) < 4.78 is 6.32. The third kappa shape index (κ3) is 3.68. The van der Waals surface area contributed by atoms with E-state index in [9.17, 15) is 0 Å². The molecule has 0 aliphatic heterocycles. The first-order valence-corrected chi connectivity index (χ1v) is 9.12. The van der Waals surface area contributed by atoms with Gasteiger partial charge in [0.15, 0.2) is 8.32 Å². The van der Waals surface area contributed by atoms with Gasteiger partial charge in [0.1, 0.15) is 0 Å². The van der Waals surface area contributed by atoms with Gasteiger partial charge in [-0.25, -0.2) is 0 Å². The summed E-state index contributed by atoms with van der Waals surface area (Å²) in [6.45, 7) is 14.4. The largest absolute Gasteiger partial charge is 0.412 e. The monoisotopic (exact) mass is 250 g/mol. The maximum Gasteiger partial charge on any atom is 0.195 e. The highest BCUT2D eigenvalue weighted by Crippen LogP contribution is 2.33. The van der Waals surface area contributed by atoms with Gasteiger partial charge in [-0.2, -0.15) is 0 Å². The Morgan fingerprint density at radius 1 is 1.00 bits per heavy atom. The molecule has 0 saturated carbocycles. The molecule has 0 bridgehead atoms. The summed E-state index contributed by atoms with van der Waals surface area (Å²) in [6, 6.07) is 8.65. The van der Waals surface area contributed by atoms with Crippen molar-refractivity contribution in [2.45, 2.75) is 58.9 Å². The SMILES string of the molecule is Cc1ccc(CO[Si](C)(C(C)C)C(C)C)cc1. The lowest BCUT2D eigenvalue weighted by Crippen LogP contribution is -2.41. The van der Waals surface area contributed by atoms with E-state index in [2.05, 4.69) is 65.4 Å². The van der Waals surface area contributed by atoms with Crippen LogP contribution < -0.4 is 0 Å². The molecular weight excluding hydrogens is 224 g/mol. The van der Waals surface area contributed by atoms with E-state index in [1.165, 1.54) is 11.1 Å². The number of hydrogen-bond acceptors (Lipinski definition) is 1. The molecule has 0 amide bonds. The normalized spacial score (nSPS) is 12.5. The van der Waals surface area contributed by atoms with Gasteiger partial charge in [-0.1, -0.05) is 57.5 Å². The Bertz CT molecular complexity index is 332. The van der Waals surface area contributed by atoms with E-state index < -0.39 is 8.32 Å². The predicted molar refractivity (Wildman–Crippen MR) is 77.8 cm³/mol. The van der Waals surface area contributed by atoms with Gasteiger partial charge >= 0.3 is 0 Å². The third-order valence-corrected chi connectivity index (χ3v) is 9.32. The Morgan fingerprint density at radius 2 is 1.47 bits per heavy atom. The van der Waals surface area contributed by atoms with Crippen molar-refractivity contribution in [1.29, 1.82) is 0 Å². The van der Waals surface area contributed by atoms with Crippen LogP contribution in [0.25, 0.3) is 0 Å². The fourth-order valence-corrected chi connectivity index (χ4v) is 4.40. The van der Waals surface area contributed by atoms with E-state index in [0.717, 1.165) is 6.61 Å². The lowest BCUT2D eigenvalue weighted by Gasteiger charge is -2.35. The van der Waals surface area contributed by atoms with Crippen molar-refractivity contribution < 1.29 is 4.43 Å². The molecule has 0 atom stereocenters. The van der Waals surface area contributed by atoms with Gasteiger partial charge in [0.2, 0.25) is 0 Å². The Hall–Kier alpha value is -0.603. The summed E-state index contributed by atoms with van der Waals surface area (Å²) in [5.74, 6) is 0. The molecule has 1 rings (SSSR count). The van der Waals surface area contributed by atoms with Crippen LogP contribution in [-0.2, 0) is 11.0 Å². The standard InChI is InChI=1S/C15H26OSi/c1-12(2)17(6,13(3)4)16-11-15-9-7-14(5)8-10-15/h7-10,12-13H,11H2,1-6H3. The molecular formula is C15H26OSi. The molecule has 0 heterocycles. The van der Waals surface area contributed by atoms with Crippen LogP contribution in [0.3, 0.4) is 0 Å². The zero-order chi connectivity index (χ0) is 13.1. The molecule has 96 valence electrons. The first-order chi connectivity index (χ1) is 7.86. The number of aryl methyl sites for hydroxylation is 1. The predicted octanol–water partition coefficient (Wildman–Crippen LogP) is 4.91. The van der Waals surface area contributed by atoms with Crippen molar-refractivity contribution in [2.75, 3.05) is 0 Å². The zero-order valence-corrected chi connectivity index (χ0v) is 13.1. The lowest BCUT2D eigenvalue weighted by molar-refractivity contribution is 0.278. The first-order valence-electron chi connectivity index (χ1n) is 6.55. The Morgan fingerprint density at radius 3 is 1.88 bits per heavy atom. The van der Waals surface area contributed by atoms with E-state index in [1.54, 1.807) is 0 Å². The van der Waals surface area contributed by atoms with Crippen molar-refractivity contribution in [3.05, 3.63) is 35.4 Å². The second kappa shape index (κ2) is 5.83. The molecule has 17 heavy (non-hydrogen) atoms. The molecule has 0 saturated heterocycles. The minimum atomic E-state index is -1.60. The van der Waals surface area contributed by atoms with Gasteiger partial charge in [-0.15, -0.1) is 0 Å². The van der Waals surface area contributed by atoms with Crippen LogP contribution in [0, 0.1) is 6.92 Å². The third-order valence-electron chi connectivity index (χ3n) is 3.96. The molecule has 0 aliphatic rings. The Kier molecular flexibility index (Phi) is 4.96. The van der Waals surface area contributed by atoms with Crippen molar-refractivity contribution in [1.82, 2.24) is 0 Å². The van der Waals surface area contributed by atoms with E-state index >= 15 is 0 Å². The van der Waals surface area contributed by atoms with Crippen LogP contribution in [0.2, 0.25) is 17.6 Å². The van der Waals surface area contributed by atoms with Crippen molar-refractivity contribution in [3.63, 3.8) is 0 Å². The van der Waals surface area contributed by atoms with Crippen LogP contribution in [0.4, 0.5) is 0 Å². The number of rotatable bonds is 5. The first kappa shape index (κ1) is 14.5. The number of hydrogen-bond donors (Lipinski definition) is 0. The van der Waals surface area contributed by atoms with Gasteiger partial charge in [0.05, 0.1) is 6.61 Å². The summed E-state index contributed by atoms with van der Waals surface area (Å²) in [5.41, 5.74) is 3.91. The van der Waals surface area contributed by atoms with Crippen molar-refractivity contribution >= 4 is 8.32 Å². The smallest absolute Gasteiger partial charge is 0.195 e. The second-order valence-electron chi connectivity index (χ2n) is 5.77. The highest BCUT2D eigenvalue weighted by molar-refractivity contribution is 6.75. The van der Waals surface area contributed by atoms with Crippen LogP contribution >= 0.6 is 0 Å². The molecule has 0 fully saturated rings. The summed E-state index contributed by atoms with van der Waals surface area (Å²) >= 11 is 0. The fourth-order valence-electron chi connectivity index (χ4n) is 1.92. The zero-order valence-electron chi connectivity index (χ0n) is 12.1. The lowest BCUT2D eigenvalue weighted by atomic mass is 10.2. The maximum absolute atomic E-state index is 6.32. The minimum absolute atomic E-state index is 0.660. The molecule has 1 aromatic carbocycles. The molecule has 2 heteroatoms. The second-order valence-corrected chi connectivity index (χ2v) is 10.7. The Balaban J connectivity index is 2.68. The molecule has 0 unspecified atom stereocenters. The van der Waals surface area contributed by atoms with Crippen LogP contribution in [0.15, 0.2) is 24.3 Å². The molecule has 0 N–H and O–H groups in total. The average Bonchev–Trinajstić information content (AvgIpc) is 2.27. The topological polar surface area (TPSA) is 9.23 Å². The molecule has 1 nitrogen and oxygen atoms in total. The van der Waals surface area contributed by atoms with Crippen LogP contribution in [-0.4, -0.2) is 8.32 Å². The minimum Gasteiger partial charge on any atom is -0.412 e.